The van der Waals surface area contributed by atoms with Crippen LogP contribution in [0.1, 0.15) is 20.3 Å². The lowest BCUT2D eigenvalue weighted by Crippen LogP contribution is -2.52. The van der Waals surface area contributed by atoms with Gasteiger partial charge < -0.3 is 9.64 Å². The van der Waals surface area contributed by atoms with Gasteiger partial charge >= 0.3 is 0 Å². The molecule has 0 aromatic heterocycles. The second-order valence-corrected chi connectivity index (χ2v) is 6.32. The summed E-state index contributed by atoms with van der Waals surface area (Å²) in [5.74, 6) is -0.0347. The molecule has 1 rings (SSSR count). The molecule has 6 nitrogen and oxygen atoms in total. The van der Waals surface area contributed by atoms with Gasteiger partial charge in [-0.3, -0.25) is 4.79 Å². The maximum atomic E-state index is 12.1. The lowest BCUT2D eigenvalue weighted by atomic mass is 10.2. The van der Waals surface area contributed by atoms with Crippen molar-refractivity contribution in [3.05, 3.63) is 0 Å². The maximum absolute atomic E-state index is 12.1. The molecule has 106 valence electrons. The molecule has 0 aromatic carbocycles. The van der Waals surface area contributed by atoms with Crippen LogP contribution < -0.4 is 0 Å². The molecule has 18 heavy (non-hydrogen) atoms. The van der Waals surface area contributed by atoms with Crippen molar-refractivity contribution in [1.29, 1.82) is 0 Å². The predicted octanol–water partition coefficient (Wildman–Crippen LogP) is -0.0947. The van der Waals surface area contributed by atoms with Gasteiger partial charge in [-0.1, -0.05) is 6.92 Å². The molecule has 1 amide bonds. The Hall–Kier alpha value is -0.660. The maximum Gasteiger partial charge on any atom is 0.251 e. The molecule has 1 aliphatic rings. The minimum absolute atomic E-state index is 0.0347. The smallest absolute Gasteiger partial charge is 0.251 e. The van der Waals surface area contributed by atoms with Gasteiger partial charge in [0.15, 0.2) is 0 Å². The third kappa shape index (κ3) is 3.93. The first-order valence-electron chi connectivity index (χ1n) is 6.25. The topological polar surface area (TPSA) is 66.9 Å². The number of sulfonamides is 1. The monoisotopic (exact) mass is 278 g/mol. The van der Waals surface area contributed by atoms with Gasteiger partial charge in [-0.15, -0.1) is 0 Å². The van der Waals surface area contributed by atoms with E-state index in [0.29, 0.717) is 39.2 Å². The normalized spacial score (nSPS) is 19.8. The summed E-state index contributed by atoms with van der Waals surface area (Å²) >= 11 is 0. The Bertz CT molecular complexity index is 375. The van der Waals surface area contributed by atoms with Crippen molar-refractivity contribution in [3.63, 3.8) is 0 Å². The van der Waals surface area contributed by atoms with E-state index in [4.69, 9.17) is 4.74 Å². The van der Waals surface area contributed by atoms with Crippen molar-refractivity contribution in [1.82, 2.24) is 9.21 Å². The highest BCUT2D eigenvalue weighted by Gasteiger charge is 2.29. The Morgan fingerprint density at radius 1 is 1.22 bits per heavy atom. The molecule has 1 heterocycles. The first-order chi connectivity index (χ1) is 8.40. The molecule has 0 spiro atoms. The van der Waals surface area contributed by atoms with Gasteiger partial charge in [0, 0.05) is 32.8 Å². The van der Waals surface area contributed by atoms with Crippen LogP contribution in [0.2, 0.25) is 0 Å². The van der Waals surface area contributed by atoms with Crippen LogP contribution in [0.15, 0.2) is 0 Å². The lowest BCUT2D eigenvalue weighted by molar-refractivity contribution is -0.144. The Kier molecular flexibility index (Phi) is 5.55. The van der Waals surface area contributed by atoms with Gasteiger partial charge in [-0.05, 0) is 13.3 Å². The van der Waals surface area contributed by atoms with E-state index in [2.05, 4.69) is 0 Å². The van der Waals surface area contributed by atoms with Gasteiger partial charge in [0.1, 0.15) is 6.10 Å². The number of rotatable bonds is 5. The zero-order chi connectivity index (χ0) is 13.8. The van der Waals surface area contributed by atoms with Gasteiger partial charge in [0.2, 0.25) is 10.0 Å². The zero-order valence-corrected chi connectivity index (χ0v) is 12.1. The first kappa shape index (κ1) is 15.4. The molecule has 1 saturated heterocycles. The van der Waals surface area contributed by atoms with Crippen molar-refractivity contribution in [2.45, 2.75) is 26.4 Å². The summed E-state index contributed by atoms with van der Waals surface area (Å²) in [6.45, 7) is 5.89. The van der Waals surface area contributed by atoms with Crippen LogP contribution in [0, 0.1) is 0 Å². The van der Waals surface area contributed by atoms with E-state index < -0.39 is 16.1 Å². The Morgan fingerprint density at radius 2 is 1.78 bits per heavy atom. The lowest BCUT2D eigenvalue weighted by Gasteiger charge is -2.34. The number of piperazine rings is 1. The van der Waals surface area contributed by atoms with E-state index in [1.807, 2.05) is 13.8 Å². The molecular formula is C11H22N2O4S. The van der Waals surface area contributed by atoms with Crippen LogP contribution in [0.3, 0.4) is 0 Å². The van der Waals surface area contributed by atoms with Gasteiger partial charge in [0.25, 0.3) is 5.91 Å². The predicted molar refractivity (Wildman–Crippen MR) is 68.7 cm³/mol. The molecule has 0 bridgehead atoms. The Labute approximate surface area is 109 Å². The fourth-order valence-electron chi connectivity index (χ4n) is 2.01. The molecule has 7 heteroatoms. The second kappa shape index (κ2) is 6.49. The highest BCUT2D eigenvalue weighted by molar-refractivity contribution is 7.88. The van der Waals surface area contributed by atoms with E-state index in [-0.39, 0.29) is 5.91 Å². The number of hydrogen-bond acceptors (Lipinski definition) is 4. The minimum Gasteiger partial charge on any atom is -0.369 e. The summed E-state index contributed by atoms with van der Waals surface area (Å²) in [4.78, 5) is 13.8. The summed E-state index contributed by atoms with van der Waals surface area (Å²) < 4.78 is 29.5. The van der Waals surface area contributed by atoms with E-state index in [1.54, 1.807) is 4.90 Å². The van der Waals surface area contributed by atoms with Gasteiger partial charge in [0.05, 0.1) is 6.26 Å². The molecule has 1 atom stereocenters. The van der Waals surface area contributed by atoms with Crippen molar-refractivity contribution in [2.75, 3.05) is 39.0 Å². The summed E-state index contributed by atoms with van der Waals surface area (Å²) in [5.41, 5.74) is 0. The standard InChI is InChI=1S/C11H22N2O4S/c1-4-10(17-5-2)11(14)12-6-8-13(9-7-12)18(3,15)16/h10H,4-9H2,1-3H3. The highest BCUT2D eigenvalue weighted by atomic mass is 32.2. The van der Waals surface area contributed by atoms with Crippen LogP contribution >= 0.6 is 0 Å². The van der Waals surface area contributed by atoms with Crippen LogP contribution in [0.5, 0.6) is 0 Å². The summed E-state index contributed by atoms with van der Waals surface area (Å²) in [6.07, 6.45) is 1.43. The number of carbonyl (C=O) groups is 1. The first-order valence-corrected chi connectivity index (χ1v) is 8.10. The molecule has 1 fully saturated rings. The molecule has 0 N–H and O–H groups in total. The van der Waals surface area contributed by atoms with Crippen molar-refractivity contribution in [2.24, 2.45) is 0 Å². The Balaban J connectivity index is 2.54. The van der Waals surface area contributed by atoms with E-state index in [0.717, 1.165) is 0 Å². The number of nitrogens with zero attached hydrogens (tertiary/aromatic N) is 2. The molecule has 1 unspecified atom stereocenters. The highest BCUT2D eigenvalue weighted by Crippen LogP contribution is 2.10. The van der Waals surface area contributed by atoms with Crippen molar-refractivity contribution in [3.8, 4) is 0 Å². The van der Waals surface area contributed by atoms with Gasteiger partial charge in [-0.2, -0.15) is 4.31 Å². The van der Waals surface area contributed by atoms with Crippen molar-refractivity contribution < 1.29 is 17.9 Å². The number of hydrogen-bond donors (Lipinski definition) is 0. The fourth-order valence-corrected chi connectivity index (χ4v) is 2.84. The third-order valence-corrected chi connectivity index (χ3v) is 4.34. The molecule has 0 aliphatic carbocycles. The summed E-state index contributed by atoms with van der Waals surface area (Å²) in [7, 11) is -3.15. The van der Waals surface area contributed by atoms with E-state index >= 15 is 0 Å². The van der Waals surface area contributed by atoms with Crippen LogP contribution in [0.4, 0.5) is 0 Å². The number of carbonyl (C=O) groups excluding carboxylic acids is 1. The van der Waals surface area contributed by atoms with Crippen LogP contribution in [-0.4, -0.2) is 68.7 Å². The zero-order valence-electron chi connectivity index (χ0n) is 11.3. The van der Waals surface area contributed by atoms with Gasteiger partial charge in [-0.25, -0.2) is 8.42 Å². The quantitative estimate of drug-likeness (QED) is 0.704. The SMILES string of the molecule is CCOC(CC)C(=O)N1CCN(S(C)(=O)=O)CC1. The number of amides is 1. The second-order valence-electron chi connectivity index (χ2n) is 4.34. The molecular weight excluding hydrogens is 256 g/mol. The number of ether oxygens (including phenoxy) is 1. The molecule has 0 aromatic rings. The van der Waals surface area contributed by atoms with Crippen LogP contribution in [-0.2, 0) is 19.6 Å². The summed E-state index contributed by atoms with van der Waals surface area (Å²) in [6, 6.07) is 0. The third-order valence-electron chi connectivity index (χ3n) is 3.03. The largest absolute Gasteiger partial charge is 0.369 e. The summed E-state index contributed by atoms with van der Waals surface area (Å²) in [5, 5.41) is 0. The van der Waals surface area contributed by atoms with Crippen molar-refractivity contribution >= 4 is 15.9 Å². The average Bonchev–Trinajstić information content (AvgIpc) is 2.34. The molecule has 0 radical (unpaired) electrons. The molecule has 0 saturated carbocycles. The Morgan fingerprint density at radius 3 is 2.17 bits per heavy atom. The van der Waals surface area contributed by atoms with E-state index in [9.17, 15) is 13.2 Å². The average molecular weight is 278 g/mol. The molecule has 1 aliphatic heterocycles. The minimum atomic E-state index is -3.15. The fraction of sp³-hybridized carbons (Fsp3) is 0.909. The van der Waals surface area contributed by atoms with Crippen LogP contribution in [0.25, 0.3) is 0 Å². The van der Waals surface area contributed by atoms with E-state index in [1.165, 1.54) is 10.6 Å².